The maximum Gasteiger partial charge on any atom is 0.411 e. The molecular weight excluding hydrogens is 422 g/mol. The van der Waals surface area contributed by atoms with E-state index in [0.717, 1.165) is 16.7 Å². The molecule has 8 nitrogen and oxygen atoms in total. The number of nitrogens with one attached hydrogen (secondary N) is 1. The third-order valence-electron chi connectivity index (χ3n) is 5.64. The van der Waals surface area contributed by atoms with E-state index < -0.39 is 30.1 Å². The summed E-state index contributed by atoms with van der Waals surface area (Å²) >= 11 is 0. The van der Waals surface area contributed by atoms with Crippen LogP contribution in [0.2, 0.25) is 0 Å². The Hall–Kier alpha value is -3.86. The van der Waals surface area contributed by atoms with E-state index in [1.807, 2.05) is 60.7 Å². The number of ether oxygens (including phenoxy) is 1. The highest BCUT2D eigenvalue weighted by molar-refractivity contribution is 5.89. The number of fused-ring (bicyclic) bond motifs is 1. The number of benzene rings is 2. The average molecular weight is 450 g/mol. The zero-order chi connectivity index (χ0) is 23.6. The van der Waals surface area contributed by atoms with Crippen molar-refractivity contribution in [1.29, 1.82) is 5.26 Å². The smallest absolute Gasteiger partial charge is 0.411 e. The molecule has 0 unspecified atom stereocenters. The van der Waals surface area contributed by atoms with Gasteiger partial charge in [-0.25, -0.2) is 9.59 Å². The fourth-order valence-electron chi connectivity index (χ4n) is 3.83. The van der Waals surface area contributed by atoms with Gasteiger partial charge in [0.15, 0.2) is 0 Å². The summed E-state index contributed by atoms with van der Waals surface area (Å²) in [6, 6.07) is 16.8. The van der Waals surface area contributed by atoms with Crippen molar-refractivity contribution in [1.82, 2.24) is 10.2 Å². The minimum atomic E-state index is -1.14. The lowest BCUT2D eigenvalue weighted by molar-refractivity contribution is -0.143. The van der Waals surface area contributed by atoms with Gasteiger partial charge >= 0.3 is 12.1 Å². The second-order valence-corrected chi connectivity index (χ2v) is 7.96. The number of nitrogens with zero attached hydrogens (tertiary/aromatic N) is 2. The molecule has 8 heteroatoms. The lowest BCUT2D eigenvalue weighted by Gasteiger charge is -2.35. The third-order valence-corrected chi connectivity index (χ3v) is 5.64. The van der Waals surface area contributed by atoms with Crippen molar-refractivity contribution >= 4 is 18.0 Å². The molecule has 0 aliphatic carbocycles. The molecule has 2 amide bonds. The van der Waals surface area contributed by atoms with Crippen molar-refractivity contribution in [2.75, 3.05) is 0 Å². The molecule has 33 heavy (non-hydrogen) atoms. The van der Waals surface area contributed by atoms with Gasteiger partial charge in [0.1, 0.15) is 18.7 Å². The number of carbonyl (C=O) groups excluding carboxylic acids is 2. The minimum Gasteiger partial charge on any atom is -0.480 e. The lowest BCUT2D eigenvalue weighted by atomic mass is 9.93. The minimum absolute atomic E-state index is 0.0722. The zero-order valence-corrected chi connectivity index (χ0v) is 18.3. The highest BCUT2D eigenvalue weighted by atomic mass is 16.6. The first-order valence-corrected chi connectivity index (χ1v) is 10.9. The van der Waals surface area contributed by atoms with Crippen molar-refractivity contribution in [3.63, 3.8) is 0 Å². The van der Waals surface area contributed by atoms with Crippen LogP contribution in [0.1, 0.15) is 42.4 Å². The van der Waals surface area contributed by atoms with Gasteiger partial charge in [0, 0.05) is 12.8 Å². The van der Waals surface area contributed by atoms with Crippen LogP contribution in [0.5, 0.6) is 0 Å². The number of unbranched alkanes of at least 4 members (excludes halogenated alkanes) is 2. The highest BCUT2D eigenvalue weighted by Crippen LogP contribution is 2.25. The average Bonchev–Trinajstić information content (AvgIpc) is 2.84. The Kier molecular flexibility index (Phi) is 8.42. The molecule has 0 radical (unpaired) electrons. The van der Waals surface area contributed by atoms with Crippen LogP contribution in [0.3, 0.4) is 0 Å². The molecule has 2 atom stereocenters. The number of aliphatic carboxylic acids is 1. The number of rotatable bonds is 9. The first-order chi connectivity index (χ1) is 16.0. The number of hydrogen-bond acceptors (Lipinski definition) is 5. The molecule has 0 saturated carbocycles. The van der Waals surface area contributed by atoms with Crippen LogP contribution in [0, 0.1) is 11.3 Å². The van der Waals surface area contributed by atoms with Crippen LogP contribution < -0.4 is 5.32 Å². The molecule has 172 valence electrons. The van der Waals surface area contributed by atoms with Gasteiger partial charge in [0.2, 0.25) is 5.91 Å². The van der Waals surface area contributed by atoms with Gasteiger partial charge in [-0.05, 0) is 36.0 Å². The predicted octanol–water partition coefficient (Wildman–Crippen LogP) is 3.40. The van der Waals surface area contributed by atoms with Gasteiger partial charge in [-0.3, -0.25) is 9.69 Å². The molecule has 2 aromatic rings. The van der Waals surface area contributed by atoms with Gasteiger partial charge in [-0.2, -0.15) is 5.26 Å². The summed E-state index contributed by atoms with van der Waals surface area (Å²) in [5.74, 6) is -1.68. The van der Waals surface area contributed by atoms with Gasteiger partial charge < -0.3 is 15.2 Å². The maximum atomic E-state index is 13.1. The van der Waals surface area contributed by atoms with Gasteiger partial charge in [0.05, 0.1) is 12.6 Å². The lowest BCUT2D eigenvalue weighted by Crippen LogP contribution is -2.55. The van der Waals surface area contributed by atoms with Crippen molar-refractivity contribution in [2.24, 2.45) is 0 Å². The van der Waals surface area contributed by atoms with E-state index in [1.165, 1.54) is 4.90 Å². The van der Waals surface area contributed by atoms with Gasteiger partial charge in [-0.15, -0.1) is 0 Å². The molecule has 0 spiro atoms. The molecule has 0 bridgehead atoms. The summed E-state index contributed by atoms with van der Waals surface area (Å²) in [7, 11) is 0. The highest BCUT2D eigenvalue weighted by Gasteiger charge is 2.37. The van der Waals surface area contributed by atoms with Gasteiger partial charge in [0.25, 0.3) is 0 Å². The number of hydrogen-bond donors (Lipinski definition) is 2. The molecule has 0 fully saturated rings. The Morgan fingerprint density at radius 2 is 1.79 bits per heavy atom. The molecule has 1 aliphatic heterocycles. The van der Waals surface area contributed by atoms with Crippen LogP contribution in [0.4, 0.5) is 4.79 Å². The van der Waals surface area contributed by atoms with E-state index in [1.54, 1.807) is 0 Å². The van der Waals surface area contributed by atoms with Crippen LogP contribution in [0.25, 0.3) is 0 Å². The summed E-state index contributed by atoms with van der Waals surface area (Å²) in [6.07, 6.45) is 1.25. The molecule has 0 saturated heterocycles. The maximum absolute atomic E-state index is 13.1. The Balaban J connectivity index is 1.72. The summed E-state index contributed by atoms with van der Waals surface area (Å²) in [5.41, 5.74) is 2.68. The molecule has 1 aliphatic rings. The molecule has 2 N–H and O–H groups in total. The second kappa shape index (κ2) is 11.7. The van der Waals surface area contributed by atoms with Crippen molar-refractivity contribution in [3.8, 4) is 6.07 Å². The van der Waals surface area contributed by atoms with E-state index in [9.17, 15) is 19.5 Å². The summed E-state index contributed by atoms with van der Waals surface area (Å²) in [5, 5.41) is 20.8. The fourth-order valence-corrected chi connectivity index (χ4v) is 3.83. The predicted molar refractivity (Wildman–Crippen MR) is 120 cm³/mol. The van der Waals surface area contributed by atoms with E-state index in [2.05, 4.69) is 5.32 Å². The largest absolute Gasteiger partial charge is 0.480 e. The first kappa shape index (κ1) is 23.8. The van der Waals surface area contributed by atoms with Crippen molar-refractivity contribution < 1.29 is 24.2 Å². The second-order valence-electron chi connectivity index (χ2n) is 7.96. The fraction of sp³-hybridized carbons (Fsp3) is 0.360. The van der Waals surface area contributed by atoms with Crippen LogP contribution >= 0.6 is 0 Å². The number of carbonyl (C=O) groups is 3. The summed E-state index contributed by atoms with van der Waals surface area (Å²) in [4.78, 5) is 39.1. The standard InChI is InChI=1S/C25H27N3O5/c26-14-8-2-5-13-21(24(30)31)27-23(29)22-15-19-11-6-7-12-20(19)16-28(22)25(32)33-17-18-9-3-1-4-10-18/h1,3-4,6-7,9-12,21-22H,2,5,8,13,15-17H2,(H,27,29)(H,30,31)/t21-,22+/m1/s1. The molecule has 3 rings (SSSR count). The van der Waals surface area contributed by atoms with Crippen LogP contribution in [-0.2, 0) is 33.9 Å². The molecule has 0 aromatic heterocycles. The van der Waals surface area contributed by atoms with Crippen molar-refractivity contribution in [3.05, 3.63) is 71.3 Å². The molecule has 1 heterocycles. The van der Waals surface area contributed by atoms with E-state index in [-0.39, 0.29) is 26.0 Å². The molecular formula is C25H27N3O5. The number of carboxylic acids is 1. The Labute approximate surface area is 192 Å². The SMILES string of the molecule is N#CCCCC[C@@H](NC(=O)[C@@H]1Cc2ccccc2CN1C(=O)OCc1ccccc1)C(=O)O. The zero-order valence-electron chi connectivity index (χ0n) is 18.3. The van der Waals surface area contributed by atoms with Crippen molar-refractivity contribution in [2.45, 2.75) is 57.3 Å². The van der Waals surface area contributed by atoms with Crippen LogP contribution in [0.15, 0.2) is 54.6 Å². The first-order valence-electron chi connectivity index (χ1n) is 10.9. The number of nitriles is 1. The summed E-state index contributed by atoms with van der Waals surface area (Å²) < 4.78 is 5.47. The number of amides is 2. The Morgan fingerprint density at radius 1 is 1.09 bits per heavy atom. The van der Waals surface area contributed by atoms with E-state index in [0.29, 0.717) is 19.3 Å². The quantitative estimate of drug-likeness (QED) is 0.566. The molecule has 2 aromatic carbocycles. The van der Waals surface area contributed by atoms with E-state index >= 15 is 0 Å². The topological polar surface area (TPSA) is 120 Å². The number of carboxylic acid groups (broad SMARTS) is 1. The monoisotopic (exact) mass is 449 g/mol. The normalized spacial score (nSPS) is 15.6. The van der Waals surface area contributed by atoms with E-state index in [4.69, 9.17) is 10.00 Å². The third kappa shape index (κ3) is 6.56. The Bertz CT molecular complexity index is 1020. The van der Waals surface area contributed by atoms with Gasteiger partial charge in [-0.1, -0.05) is 54.6 Å². The van der Waals surface area contributed by atoms with Crippen LogP contribution in [-0.4, -0.2) is 40.1 Å². The summed E-state index contributed by atoms with van der Waals surface area (Å²) in [6.45, 7) is 0.268. The Morgan fingerprint density at radius 3 is 2.48 bits per heavy atom.